The molecule has 0 amide bonds. The van der Waals surface area contributed by atoms with Crippen LogP contribution in [0.15, 0.2) is 59.5 Å². The Morgan fingerprint density at radius 3 is 2.04 bits per heavy atom. The second kappa shape index (κ2) is 7.96. The third kappa shape index (κ3) is 4.37. The van der Waals surface area contributed by atoms with E-state index in [1.807, 2.05) is 6.92 Å². The van der Waals surface area contributed by atoms with Crippen LogP contribution in [0.1, 0.15) is 11.3 Å². The first-order chi connectivity index (χ1) is 11.8. The molecule has 9 heteroatoms. The van der Waals surface area contributed by atoms with E-state index in [0.29, 0.717) is 11.3 Å². The quantitative estimate of drug-likeness (QED) is 0.505. The smallest absolute Gasteiger partial charge is 0.420 e. The molecule has 3 aromatic rings. The normalized spacial score (nSPS) is 11.4. The van der Waals surface area contributed by atoms with E-state index in [1.54, 1.807) is 24.3 Å². The third-order valence-electron chi connectivity index (χ3n) is 3.62. The minimum atomic E-state index is -4.58. The molecule has 0 saturated carbocycles. The molecule has 0 atom stereocenters. The molecule has 0 aliphatic rings. The number of nitrogens with zero attached hydrogens (tertiary/aromatic N) is 2. The molecule has 0 fully saturated rings. The van der Waals surface area contributed by atoms with Crippen LogP contribution in [0.5, 0.6) is 0 Å². The predicted octanol–water partition coefficient (Wildman–Crippen LogP) is 1.54. The Hall–Kier alpha value is -1.61. The van der Waals surface area contributed by atoms with Gasteiger partial charge in [-0.15, -0.1) is 0 Å². The van der Waals surface area contributed by atoms with Gasteiger partial charge in [-0.3, -0.25) is 0 Å². The molecule has 130 valence electrons. The van der Waals surface area contributed by atoms with Crippen molar-refractivity contribution in [2.45, 2.75) is 18.0 Å². The number of aryl methyl sites for hydroxylation is 1. The molecule has 0 saturated heterocycles. The topological polar surface area (TPSA) is 52.0 Å². The largest absolute Gasteiger partial charge is 1.00 e. The first-order valence-corrected chi connectivity index (χ1v) is 8.27. The fourth-order valence-electron chi connectivity index (χ4n) is 2.34. The minimum Gasteiger partial charge on any atom is -0.420 e. The Morgan fingerprint density at radius 2 is 1.54 bits per heavy atom. The van der Waals surface area contributed by atoms with Crippen LogP contribution >= 0.6 is 0 Å². The second-order valence-corrected chi connectivity index (χ2v) is 6.36. The van der Waals surface area contributed by atoms with Gasteiger partial charge in [-0.05, 0) is 35.8 Å². The van der Waals surface area contributed by atoms with Crippen molar-refractivity contribution in [3.8, 4) is 16.9 Å². The first kappa shape index (κ1) is 20.7. The van der Waals surface area contributed by atoms with Crippen molar-refractivity contribution in [1.82, 2.24) is 9.78 Å². The number of benzene rings is 2. The van der Waals surface area contributed by atoms with Gasteiger partial charge in [-0.2, -0.15) is 18.3 Å². The maximum atomic E-state index is 13.1. The summed E-state index contributed by atoms with van der Waals surface area (Å²) < 4.78 is 62.3. The molecule has 2 aromatic carbocycles. The summed E-state index contributed by atoms with van der Waals surface area (Å²) in [6.45, 7) is 1.88. The van der Waals surface area contributed by atoms with Crippen LogP contribution in [0.4, 0.5) is 13.2 Å². The van der Waals surface area contributed by atoms with Gasteiger partial charge in [0.2, 0.25) is 0 Å². The van der Waals surface area contributed by atoms with Crippen LogP contribution in [-0.2, 0) is 25.3 Å². The van der Waals surface area contributed by atoms with Crippen molar-refractivity contribution < 1.29 is 51.1 Å². The Morgan fingerprint density at radius 1 is 0.962 bits per heavy atom. The van der Waals surface area contributed by atoms with Crippen LogP contribution < -0.4 is 29.6 Å². The van der Waals surface area contributed by atoms with E-state index in [-0.39, 0.29) is 40.1 Å². The number of hydrogen-bond acceptors (Lipinski definition) is 4. The Labute approximate surface area is 171 Å². The minimum absolute atomic E-state index is 0. The summed E-state index contributed by atoms with van der Waals surface area (Å²) in [7, 11) is -2.41. The van der Waals surface area contributed by atoms with Gasteiger partial charge in [0.1, 0.15) is 0 Å². The summed E-state index contributed by atoms with van der Waals surface area (Å²) in [5.41, 5.74) is 1.14. The Kier molecular flexibility index (Phi) is 6.33. The summed E-state index contributed by atoms with van der Waals surface area (Å²) in [6.07, 6.45) is -4.58. The summed E-state index contributed by atoms with van der Waals surface area (Å²) in [4.78, 5) is 0.0452. The maximum absolute atomic E-state index is 13.1. The molecular weight excluding hydrogens is 376 g/mol. The van der Waals surface area contributed by atoms with E-state index in [1.165, 1.54) is 24.3 Å². The predicted molar refractivity (Wildman–Crippen MR) is 85.7 cm³/mol. The van der Waals surface area contributed by atoms with Crippen LogP contribution in [0, 0.1) is 6.92 Å². The average Bonchev–Trinajstić information content (AvgIpc) is 3.01. The molecule has 0 aliphatic carbocycles. The van der Waals surface area contributed by atoms with Gasteiger partial charge in [-0.25, -0.2) is 4.68 Å². The van der Waals surface area contributed by atoms with Gasteiger partial charge < -0.3 is 8.42 Å². The summed E-state index contributed by atoms with van der Waals surface area (Å²) in [5.74, 6) is 0. The van der Waals surface area contributed by atoms with Crippen molar-refractivity contribution in [1.29, 1.82) is 0 Å². The third-order valence-corrected chi connectivity index (χ3v) is 4.28. The molecule has 1 heterocycles. The van der Waals surface area contributed by atoms with Crippen molar-refractivity contribution in [2.75, 3.05) is 0 Å². The maximum Gasteiger partial charge on any atom is 1.00 e. The summed E-state index contributed by atoms with van der Waals surface area (Å²) in [6, 6.07) is 13.4. The Balaban J connectivity index is 0.00000243. The summed E-state index contributed by atoms with van der Waals surface area (Å²) >= 11 is 0. The van der Waals surface area contributed by atoms with E-state index < -0.39 is 22.6 Å². The first-order valence-electron chi connectivity index (χ1n) is 7.20. The van der Waals surface area contributed by atoms with Gasteiger partial charge in [0.05, 0.1) is 11.4 Å². The van der Waals surface area contributed by atoms with Crippen molar-refractivity contribution >= 4 is 10.7 Å². The Bertz CT molecular complexity index is 971. The molecule has 26 heavy (non-hydrogen) atoms. The van der Waals surface area contributed by atoms with Crippen LogP contribution in [0.3, 0.4) is 0 Å². The fourth-order valence-corrected chi connectivity index (χ4v) is 2.70. The van der Waals surface area contributed by atoms with E-state index in [2.05, 4.69) is 5.10 Å². The standard InChI is InChI=1S/C17H12F3N2O2S.Na/c1-11-2-4-12(5-3-11)15-10-16(17(18,19)20)21-22(15)13-6-8-14(9-7-13)25(23)24;/h2-10H,1H3;/q-1;+1. The summed E-state index contributed by atoms with van der Waals surface area (Å²) in [5, 5.41) is 3.66. The van der Waals surface area contributed by atoms with Crippen LogP contribution in [0.2, 0.25) is 0 Å². The van der Waals surface area contributed by atoms with Gasteiger partial charge in [0.25, 0.3) is 0 Å². The molecule has 4 nitrogen and oxygen atoms in total. The fraction of sp³-hybridized carbons (Fsp3) is 0.118. The van der Waals surface area contributed by atoms with Crippen molar-refractivity contribution in [3.63, 3.8) is 0 Å². The SMILES string of the molecule is Cc1ccc(-c2cc(C(F)(F)F)nn2-c2ccc([S-](=O)=O)cc2)cc1.[Na+]. The van der Waals surface area contributed by atoms with E-state index in [9.17, 15) is 21.6 Å². The monoisotopic (exact) mass is 388 g/mol. The van der Waals surface area contributed by atoms with Crippen molar-refractivity contribution in [3.05, 3.63) is 65.9 Å². The van der Waals surface area contributed by atoms with Crippen LogP contribution in [-0.4, -0.2) is 9.78 Å². The molecule has 0 radical (unpaired) electrons. The van der Waals surface area contributed by atoms with Crippen LogP contribution in [0.25, 0.3) is 16.9 Å². The molecule has 3 rings (SSSR count). The molecule has 0 spiro atoms. The molecule has 0 unspecified atom stereocenters. The van der Waals surface area contributed by atoms with E-state index >= 15 is 0 Å². The van der Waals surface area contributed by atoms with Crippen molar-refractivity contribution in [2.24, 2.45) is 0 Å². The number of hydrogen-bond donors (Lipinski definition) is 0. The van der Waals surface area contributed by atoms with Gasteiger partial charge in [0.15, 0.2) is 5.69 Å². The zero-order valence-corrected chi connectivity index (χ0v) is 16.8. The molecule has 0 aliphatic heterocycles. The zero-order valence-electron chi connectivity index (χ0n) is 13.9. The van der Waals surface area contributed by atoms with Gasteiger partial charge in [-0.1, -0.05) is 46.9 Å². The molecule has 1 aromatic heterocycles. The van der Waals surface area contributed by atoms with Gasteiger partial charge in [0, 0.05) is 5.56 Å². The second-order valence-electron chi connectivity index (χ2n) is 5.42. The van der Waals surface area contributed by atoms with E-state index in [4.69, 9.17) is 0 Å². The molecular formula is C17H12F3N2NaO2S. The number of rotatable bonds is 3. The molecule has 0 N–H and O–H groups in total. The number of aromatic nitrogens is 2. The average molecular weight is 388 g/mol. The zero-order chi connectivity index (χ0) is 18.2. The number of alkyl halides is 3. The van der Waals surface area contributed by atoms with Gasteiger partial charge >= 0.3 is 35.7 Å². The molecule has 0 bridgehead atoms. The number of halogens is 3. The van der Waals surface area contributed by atoms with E-state index in [0.717, 1.165) is 16.3 Å².